The van der Waals surface area contributed by atoms with Crippen LogP contribution in [0, 0.1) is 20.8 Å². The van der Waals surface area contributed by atoms with Crippen molar-refractivity contribution in [1.82, 2.24) is 26.0 Å². The molecule has 9 heteroatoms. The first-order chi connectivity index (χ1) is 13.4. The molecule has 3 N–H and O–H groups in total. The Hall–Kier alpha value is -3.88. The lowest BCUT2D eigenvalue weighted by atomic mass is 10.1. The van der Waals surface area contributed by atoms with Gasteiger partial charge in [-0.3, -0.25) is 20.4 Å². The molecule has 142 valence electrons. The Kier molecular flexibility index (Phi) is 4.19. The lowest BCUT2D eigenvalue weighted by Gasteiger charge is -2.08. The van der Waals surface area contributed by atoms with Gasteiger partial charge < -0.3 is 13.9 Å². The van der Waals surface area contributed by atoms with Crippen molar-refractivity contribution in [2.75, 3.05) is 0 Å². The maximum absolute atomic E-state index is 12.8. The number of amides is 2. The minimum atomic E-state index is -0.516. The molecule has 0 atom stereocenters. The second kappa shape index (κ2) is 6.69. The summed E-state index contributed by atoms with van der Waals surface area (Å²) < 4.78 is 10.8. The highest BCUT2D eigenvalue weighted by molar-refractivity contribution is 6.07. The van der Waals surface area contributed by atoms with Crippen LogP contribution in [0.25, 0.3) is 22.4 Å². The van der Waals surface area contributed by atoms with Crippen LogP contribution in [0.15, 0.2) is 39.4 Å². The van der Waals surface area contributed by atoms with Gasteiger partial charge in [-0.15, -0.1) is 0 Å². The number of fused-ring (bicyclic) bond motifs is 1. The van der Waals surface area contributed by atoms with Crippen molar-refractivity contribution in [2.45, 2.75) is 20.8 Å². The Labute approximate surface area is 159 Å². The quantitative estimate of drug-likeness (QED) is 0.470. The summed E-state index contributed by atoms with van der Waals surface area (Å²) in [5.74, 6) is 0.421. The van der Waals surface area contributed by atoms with Crippen LogP contribution in [0.4, 0.5) is 0 Å². The molecule has 0 spiro atoms. The number of carbonyl (C=O) groups excluding carboxylic acids is 2. The van der Waals surface area contributed by atoms with E-state index in [1.54, 1.807) is 31.3 Å². The van der Waals surface area contributed by atoms with Crippen LogP contribution in [0.2, 0.25) is 0 Å². The number of H-pyrrole nitrogens is 1. The van der Waals surface area contributed by atoms with Crippen molar-refractivity contribution in [2.24, 2.45) is 0 Å². The Balaban J connectivity index is 1.70. The number of nitrogens with one attached hydrogen (secondary N) is 3. The molecule has 4 aromatic rings. The summed E-state index contributed by atoms with van der Waals surface area (Å²) in [5.41, 5.74) is 7.41. The summed E-state index contributed by atoms with van der Waals surface area (Å²) >= 11 is 0. The molecule has 0 saturated heterocycles. The lowest BCUT2D eigenvalue weighted by Crippen LogP contribution is -2.41. The van der Waals surface area contributed by atoms with E-state index in [9.17, 15) is 9.59 Å². The number of aromatic nitrogens is 3. The number of furan rings is 1. The van der Waals surface area contributed by atoms with E-state index in [4.69, 9.17) is 8.94 Å². The molecule has 0 aromatic carbocycles. The first-order valence-electron chi connectivity index (χ1n) is 8.52. The fourth-order valence-corrected chi connectivity index (χ4v) is 3.02. The topological polar surface area (TPSA) is 126 Å². The van der Waals surface area contributed by atoms with Gasteiger partial charge in [-0.05, 0) is 45.0 Å². The Morgan fingerprint density at radius 1 is 1.11 bits per heavy atom. The number of nitrogens with zero attached hydrogens (tertiary/aromatic N) is 2. The average molecular weight is 379 g/mol. The van der Waals surface area contributed by atoms with E-state index in [-0.39, 0.29) is 11.3 Å². The van der Waals surface area contributed by atoms with E-state index in [2.05, 4.69) is 26.0 Å². The second-order valence-electron chi connectivity index (χ2n) is 6.32. The van der Waals surface area contributed by atoms with E-state index >= 15 is 0 Å². The third kappa shape index (κ3) is 3.02. The molecule has 4 rings (SSSR count). The number of hydrogen-bond acceptors (Lipinski definition) is 6. The molecule has 0 bridgehead atoms. The van der Waals surface area contributed by atoms with Crippen LogP contribution in [0.5, 0.6) is 0 Å². The molecule has 0 saturated carbocycles. The summed E-state index contributed by atoms with van der Waals surface area (Å²) in [6, 6.07) is 6.74. The molecule has 0 aliphatic rings. The van der Waals surface area contributed by atoms with E-state index in [0.717, 1.165) is 11.3 Å². The molecule has 0 radical (unpaired) electrons. The van der Waals surface area contributed by atoms with Gasteiger partial charge in [0.05, 0.1) is 22.3 Å². The lowest BCUT2D eigenvalue weighted by molar-refractivity contribution is 0.0845. The third-order valence-electron chi connectivity index (χ3n) is 4.31. The standard InChI is InChI=1S/C19H17N5O4/c1-9-7-12(11(3)27-9)15-8-13(16-10(2)24-28-19(16)21-15)17(25)22-23-18(26)14-5-4-6-20-14/h4-8,20H,1-3H3,(H,22,25)(H,23,26). The van der Waals surface area contributed by atoms with Crippen LogP contribution < -0.4 is 10.9 Å². The van der Waals surface area contributed by atoms with Gasteiger partial charge in [0.1, 0.15) is 17.2 Å². The number of rotatable bonds is 3. The predicted octanol–water partition coefficient (Wildman–Crippen LogP) is 2.81. The number of aryl methyl sites for hydroxylation is 3. The van der Waals surface area contributed by atoms with Gasteiger partial charge in [-0.25, -0.2) is 4.98 Å². The fourth-order valence-electron chi connectivity index (χ4n) is 3.02. The molecule has 9 nitrogen and oxygen atoms in total. The SMILES string of the molecule is Cc1cc(-c2cc(C(=O)NNC(=O)c3ccc[nH]3)c3c(C)noc3n2)c(C)o1. The third-order valence-corrected chi connectivity index (χ3v) is 4.31. The second-order valence-corrected chi connectivity index (χ2v) is 6.32. The molecule has 2 amide bonds. The highest BCUT2D eigenvalue weighted by Crippen LogP contribution is 2.30. The first-order valence-corrected chi connectivity index (χ1v) is 8.52. The maximum atomic E-state index is 12.8. The molecule has 4 heterocycles. The zero-order chi connectivity index (χ0) is 19.8. The van der Waals surface area contributed by atoms with Gasteiger partial charge >= 0.3 is 0 Å². The van der Waals surface area contributed by atoms with Crippen molar-refractivity contribution in [3.05, 3.63) is 58.9 Å². The van der Waals surface area contributed by atoms with Crippen molar-refractivity contribution < 1.29 is 18.5 Å². The zero-order valence-electron chi connectivity index (χ0n) is 15.4. The monoisotopic (exact) mass is 379 g/mol. The van der Waals surface area contributed by atoms with Crippen LogP contribution >= 0.6 is 0 Å². The largest absolute Gasteiger partial charge is 0.466 e. The van der Waals surface area contributed by atoms with E-state index in [0.29, 0.717) is 28.2 Å². The Morgan fingerprint density at radius 2 is 1.89 bits per heavy atom. The number of pyridine rings is 1. The molecule has 0 unspecified atom stereocenters. The van der Waals surface area contributed by atoms with Crippen molar-refractivity contribution in [3.63, 3.8) is 0 Å². The average Bonchev–Trinajstić information content (AvgIpc) is 3.40. The van der Waals surface area contributed by atoms with E-state index < -0.39 is 11.8 Å². The molecule has 0 aliphatic carbocycles. The van der Waals surface area contributed by atoms with Gasteiger partial charge in [-0.2, -0.15) is 0 Å². The molecular formula is C19H17N5O4. The summed E-state index contributed by atoms with van der Waals surface area (Å²) in [7, 11) is 0. The maximum Gasteiger partial charge on any atom is 0.286 e. The van der Waals surface area contributed by atoms with Gasteiger partial charge in [-0.1, -0.05) is 5.16 Å². The molecule has 0 aliphatic heterocycles. The zero-order valence-corrected chi connectivity index (χ0v) is 15.4. The smallest absolute Gasteiger partial charge is 0.286 e. The number of carbonyl (C=O) groups is 2. The van der Waals surface area contributed by atoms with Gasteiger partial charge in [0, 0.05) is 11.8 Å². The first kappa shape index (κ1) is 17.5. The Bertz CT molecular complexity index is 1190. The molecule has 28 heavy (non-hydrogen) atoms. The van der Waals surface area contributed by atoms with Crippen LogP contribution in [-0.2, 0) is 0 Å². The van der Waals surface area contributed by atoms with E-state index in [1.165, 1.54) is 0 Å². The van der Waals surface area contributed by atoms with Gasteiger partial charge in [0.2, 0.25) is 0 Å². The summed E-state index contributed by atoms with van der Waals surface area (Å²) in [6.45, 7) is 5.36. The fraction of sp³-hybridized carbons (Fsp3) is 0.158. The predicted molar refractivity (Wildman–Crippen MR) is 99.4 cm³/mol. The molecule has 4 aromatic heterocycles. The molecular weight excluding hydrogens is 362 g/mol. The normalized spacial score (nSPS) is 11.0. The summed E-state index contributed by atoms with van der Waals surface area (Å²) in [6.07, 6.45) is 1.62. The van der Waals surface area contributed by atoms with Crippen LogP contribution in [-0.4, -0.2) is 26.9 Å². The minimum Gasteiger partial charge on any atom is -0.466 e. The number of hydrogen-bond donors (Lipinski definition) is 3. The summed E-state index contributed by atoms with van der Waals surface area (Å²) in [4.78, 5) is 32.1. The minimum absolute atomic E-state index is 0.231. The van der Waals surface area contributed by atoms with Crippen LogP contribution in [0.3, 0.4) is 0 Å². The number of aromatic amines is 1. The summed E-state index contributed by atoms with van der Waals surface area (Å²) in [5, 5.41) is 4.38. The van der Waals surface area contributed by atoms with Crippen molar-refractivity contribution >= 4 is 22.9 Å². The molecule has 0 fully saturated rings. The van der Waals surface area contributed by atoms with Crippen molar-refractivity contribution in [3.8, 4) is 11.3 Å². The van der Waals surface area contributed by atoms with Gasteiger partial charge in [0.25, 0.3) is 17.5 Å². The van der Waals surface area contributed by atoms with E-state index in [1.807, 2.05) is 19.9 Å². The van der Waals surface area contributed by atoms with Crippen LogP contribution in [0.1, 0.15) is 38.1 Å². The Morgan fingerprint density at radius 3 is 2.57 bits per heavy atom. The van der Waals surface area contributed by atoms with Gasteiger partial charge in [0.15, 0.2) is 0 Å². The highest BCUT2D eigenvalue weighted by atomic mass is 16.5. The highest BCUT2D eigenvalue weighted by Gasteiger charge is 2.21. The number of hydrazine groups is 1. The van der Waals surface area contributed by atoms with Crippen molar-refractivity contribution in [1.29, 1.82) is 0 Å².